The Hall–Kier alpha value is -5.59. The molecule has 1 heterocycles. The van der Waals surface area contributed by atoms with Crippen molar-refractivity contribution in [3.05, 3.63) is 171 Å². The first-order valence-corrected chi connectivity index (χ1v) is 16.5. The Morgan fingerprint density at radius 1 is 0.633 bits per heavy atom. The molecule has 8 rings (SSSR count). The van der Waals surface area contributed by atoms with E-state index in [2.05, 4.69) is 0 Å². The van der Waals surface area contributed by atoms with Crippen LogP contribution in [-0.4, -0.2) is 28.7 Å². The number of allylic oxidation sites excluding steroid dienone is 2. The van der Waals surface area contributed by atoms with Gasteiger partial charge in [0.15, 0.2) is 5.78 Å². The minimum atomic E-state index is -1.55. The minimum Gasteiger partial charge on any atom is -0.478 e. The summed E-state index contributed by atoms with van der Waals surface area (Å²) in [6.07, 6.45) is 0. The van der Waals surface area contributed by atoms with Crippen LogP contribution in [0.3, 0.4) is 0 Å². The Morgan fingerprint density at radius 3 is 1.47 bits per heavy atom. The van der Waals surface area contributed by atoms with Gasteiger partial charge in [-0.1, -0.05) is 132 Å². The van der Waals surface area contributed by atoms with Gasteiger partial charge in [0.1, 0.15) is 0 Å². The van der Waals surface area contributed by atoms with E-state index in [1.54, 1.807) is 0 Å². The second-order valence-corrected chi connectivity index (χ2v) is 13.5. The lowest BCUT2D eigenvalue weighted by Crippen LogP contribution is -2.45. The van der Waals surface area contributed by atoms with Crippen LogP contribution in [0.15, 0.2) is 127 Å². The molecule has 4 atom stereocenters. The number of anilines is 1. The van der Waals surface area contributed by atoms with E-state index in [0.29, 0.717) is 22.3 Å². The summed E-state index contributed by atoms with van der Waals surface area (Å²) in [7, 11) is 0. The number of hydrogen-bond acceptors (Lipinski definition) is 4. The number of nitrogens with zero attached hydrogens (tertiary/aromatic N) is 1. The van der Waals surface area contributed by atoms with Gasteiger partial charge in [0.2, 0.25) is 11.8 Å². The van der Waals surface area contributed by atoms with E-state index in [4.69, 9.17) is 11.6 Å². The molecule has 1 aliphatic heterocycles. The number of carboxylic acids is 1. The molecule has 5 aromatic carbocycles. The van der Waals surface area contributed by atoms with Crippen molar-refractivity contribution in [1.82, 2.24) is 0 Å². The quantitative estimate of drug-likeness (QED) is 0.187. The van der Waals surface area contributed by atoms with Crippen LogP contribution in [0, 0.1) is 25.7 Å². The van der Waals surface area contributed by atoms with Gasteiger partial charge in [0, 0.05) is 0 Å². The van der Waals surface area contributed by atoms with Gasteiger partial charge in [-0.3, -0.25) is 14.4 Å². The molecule has 1 N–H and O–H groups in total. The molecule has 0 unspecified atom stereocenters. The Morgan fingerprint density at radius 2 is 1.06 bits per heavy atom. The number of aromatic carboxylic acids is 1. The van der Waals surface area contributed by atoms with Crippen molar-refractivity contribution in [2.75, 3.05) is 4.90 Å². The lowest BCUT2D eigenvalue weighted by atomic mass is 9.59. The van der Waals surface area contributed by atoms with Crippen LogP contribution in [0.25, 0.3) is 11.1 Å². The van der Waals surface area contributed by atoms with Crippen molar-refractivity contribution in [3.63, 3.8) is 0 Å². The molecule has 1 saturated heterocycles. The number of imide groups is 1. The molecule has 2 aliphatic carbocycles. The van der Waals surface area contributed by atoms with Crippen molar-refractivity contribution in [1.29, 1.82) is 0 Å². The van der Waals surface area contributed by atoms with Gasteiger partial charge in [-0.15, -0.1) is 0 Å². The summed E-state index contributed by atoms with van der Waals surface area (Å²) in [6, 6.07) is 38.6. The highest BCUT2D eigenvalue weighted by molar-refractivity contribution is 6.39. The second-order valence-electron chi connectivity index (χ2n) is 13.1. The lowest BCUT2D eigenvalue weighted by molar-refractivity contribution is -0.130. The van der Waals surface area contributed by atoms with Crippen molar-refractivity contribution in [3.8, 4) is 0 Å². The van der Waals surface area contributed by atoms with Crippen LogP contribution in [0.4, 0.5) is 5.69 Å². The maximum absolute atomic E-state index is 16.0. The largest absolute Gasteiger partial charge is 0.478 e. The van der Waals surface area contributed by atoms with Crippen LogP contribution in [0.5, 0.6) is 0 Å². The predicted molar refractivity (Wildman–Crippen MR) is 188 cm³/mol. The average Bonchev–Trinajstić information content (AvgIpc) is 3.62. The standard InChI is InChI=1S/C42H30ClNO5/c1-24-13-17-26(18-14-24)33-34(27-19-15-25(2)16-20-27)42(29-11-7-4-8-12-29)36-35(41(33,40(42)49)28-9-5-3-6-10-28)37(45)44(38(36)46)30-21-22-32(43)31(23-30)39(47)48/h3-23,35-36H,1-2H3,(H,47,48)/t35-,36+,41-,42-/m1/s1. The fourth-order valence-corrected chi connectivity index (χ4v) is 8.83. The maximum atomic E-state index is 16.0. The summed E-state index contributed by atoms with van der Waals surface area (Å²) >= 11 is 6.22. The molecule has 0 spiro atoms. The summed E-state index contributed by atoms with van der Waals surface area (Å²) < 4.78 is 0. The number of fused-ring (bicyclic) bond motifs is 5. The Kier molecular flexibility index (Phi) is 6.88. The monoisotopic (exact) mass is 663 g/mol. The van der Waals surface area contributed by atoms with Crippen LogP contribution >= 0.6 is 11.6 Å². The van der Waals surface area contributed by atoms with Gasteiger partial charge >= 0.3 is 5.97 Å². The normalized spacial score (nSPS) is 24.1. The summed E-state index contributed by atoms with van der Waals surface area (Å²) in [5.41, 5.74) is 3.04. The van der Waals surface area contributed by atoms with Crippen molar-refractivity contribution >= 4 is 52.0 Å². The summed E-state index contributed by atoms with van der Waals surface area (Å²) in [6.45, 7) is 3.99. The van der Waals surface area contributed by atoms with Gasteiger partial charge in [-0.2, -0.15) is 0 Å². The van der Waals surface area contributed by atoms with Crippen molar-refractivity contribution in [2.45, 2.75) is 24.7 Å². The molecule has 6 nitrogen and oxygen atoms in total. The number of benzene rings is 5. The highest BCUT2D eigenvalue weighted by atomic mass is 35.5. The molecule has 7 heteroatoms. The number of rotatable bonds is 6. The molecule has 0 aromatic heterocycles. The third-order valence-corrected chi connectivity index (χ3v) is 10.9. The van der Waals surface area contributed by atoms with E-state index in [0.717, 1.165) is 27.2 Å². The number of amides is 2. The zero-order valence-electron chi connectivity index (χ0n) is 26.7. The third kappa shape index (κ3) is 4.01. The number of hydrogen-bond donors (Lipinski definition) is 1. The fraction of sp³-hybridized carbons (Fsp3) is 0.143. The minimum absolute atomic E-state index is 0.0164. The Labute approximate surface area is 288 Å². The molecule has 2 fully saturated rings. The molecule has 2 amide bonds. The van der Waals surface area contributed by atoms with E-state index in [1.807, 2.05) is 123 Å². The van der Waals surface area contributed by atoms with Crippen molar-refractivity contribution in [2.24, 2.45) is 11.8 Å². The topological polar surface area (TPSA) is 91.8 Å². The predicted octanol–water partition coefficient (Wildman–Crippen LogP) is 7.84. The fourth-order valence-electron chi connectivity index (χ4n) is 8.64. The van der Waals surface area contributed by atoms with E-state index in [9.17, 15) is 9.90 Å². The van der Waals surface area contributed by atoms with E-state index in [1.165, 1.54) is 18.2 Å². The van der Waals surface area contributed by atoms with Gasteiger partial charge in [-0.25, -0.2) is 9.69 Å². The number of carbonyl (C=O) groups excluding carboxylic acids is 3. The first-order valence-electron chi connectivity index (χ1n) is 16.1. The van der Waals surface area contributed by atoms with Gasteiger partial charge in [0.05, 0.1) is 38.9 Å². The number of aryl methyl sites for hydroxylation is 2. The molecule has 1 saturated carbocycles. The van der Waals surface area contributed by atoms with Crippen LogP contribution in [-0.2, 0) is 25.2 Å². The highest BCUT2D eigenvalue weighted by Crippen LogP contribution is 2.74. The molecular weight excluding hydrogens is 634 g/mol. The summed E-state index contributed by atoms with van der Waals surface area (Å²) in [5.74, 6) is -4.86. The Balaban J connectivity index is 1.53. The Bertz CT molecular complexity index is 2120. The zero-order valence-corrected chi connectivity index (χ0v) is 27.4. The first kappa shape index (κ1) is 30.7. The molecule has 2 bridgehead atoms. The molecule has 3 aliphatic rings. The van der Waals surface area contributed by atoms with E-state index >= 15 is 14.4 Å². The first-order chi connectivity index (χ1) is 23.6. The number of carboxylic acid groups (broad SMARTS) is 1. The summed E-state index contributed by atoms with van der Waals surface area (Å²) in [4.78, 5) is 59.4. The van der Waals surface area contributed by atoms with E-state index < -0.39 is 40.4 Å². The molecule has 5 aromatic rings. The molecule has 0 radical (unpaired) electrons. The van der Waals surface area contributed by atoms with Gasteiger partial charge in [-0.05, 0) is 65.4 Å². The SMILES string of the molecule is Cc1ccc(C2=C(c3ccc(C)cc3)[C@@]3(c4ccccc4)C(=O)[C@@]2(c2ccccc2)[C@@H]2C(=O)N(c4ccc(Cl)c(C(=O)O)c4)C(=O)[C@@H]23)cc1. The number of halogens is 1. The number of Topliss-reactive ketones (excluding diaryl/α,β-unsaturated/α-hetero) is 1. The lowest BCUT2D eigenvalue weighted by Gasteiger charge is -2.39. The number of ketones is 1. The smallest absolute Gasteiger partial charge is 0.337 e. The molecule has 49 heavy (non-hydrogen) atoms. The second kappa shape index (κ2) is 11.0. The highest BCUT2D eigenvalue weighted by Gasteiger charge is 2.82. The molecular formula is C42H30ClNO5. The summed E-state index contributed by atoms with van der Waals surface area (Å²) in [5, 5.41) is 9.85. The van der Waals surface area contributed by atoms with Crippen LogP contribution < -0.4 is 4.90 Å². The number of carbonyl (C=O) groups is 4. The maximum Gasteiger partial charge on any atom is 0.337 e. The van der Waals surface area contributed by atoms with Crippen LogP contribution in [0.1, 0.15) is 43.7 Å². The van der Waals surface area contributed by atoms with Crippen LogP contribution in [0.2, 0.25) is 5.02 Å². The van der Waals surface area contributed by atoms with Gasteiger partial charge < -0.3 is 5.11 Å². The van der Waals surface area contributed by atoms with Crippen molar-refractivity contribution < 1.29 is 24.3 Å². The zero-order chi connectivity index (χ0) is 34.2. The average molecular weight is 664 g/mol. The van der Waals surface area contributed by atoms with E-state index in [-0.39, 0.29) is 22.1 Å². The molecule has 240 valence electrons. The van der Waals surface area contributed by atoms with Gasteiger partial charge in [0.25, 0.3) is 0 Å². The third-order valence-electron chi connectivity index (χ3n) is 10.6.